The number of hydrogen-bond donors (Lipinski definition) is 0. The van der Waals surface area contributed by atoms with Crippen LogP contribution in [0.25, 0.3) is 0 Å². The van der Waals surface area contributed by atoms with Gasteiger partial charge in [0, 0.05) is 19.0 Å². The van der Waals surface area contributed by atoms with Gasteiger partial charge in [-0.1, -0.05) is 48.0 Å². The summed E-state index contributed by atoms with van der Waals surface area (Å²) in [5.74, 6) is -0.0699. The van der Waals surface area contributed by atoms with Gasteiger partial charge in [0.15, 0.2) is 5.78 Å². The summed E-state index contributed by atoms with van der Waals surface area (Å²) in [5.41, 5.74) is 2.68. The van der Waals surface area contributed by atoms with Crippen molar-refractivity contribution in [3.8, 4) is 0 Å². The average molecular weight is 355 g/mol. The molecule has 5 heteroatoms. The molecule has 1 aliphatic rings. The third-order valence-electron chi connectivity index (χ3n) is 4.35. The second-order valence-corrected chi connectivity index (χ2v) is 8.32. The normalized spacial score (nSPS) is 18.2. The van der Waals surface area contributed by atoms with Crippen LogP contribution in [0.2, 0.25) is 0 Å². The number of aryl methyl sites for hydroxylation is 1. The topological polar surface area (TPSA) is 54.5 Å². The van der Waals surface area contributed by atoms with Crippen molar-refractivity contribution in [2.45, 2.75) is 37.6 Å². The van der Waals surface area contributed by atoms with Gasteiger partial charge in [-0.15, -0.1) is 0 Å². The van der Waals surface area contributed by atoms with E-state index in [1.807, 2.05) is 37.3 Å². The van der Waals surface area contributed by atoms with E-state index in [0.717, 1.165) is 16.7 Å². The third-order valence-corrected chi connectivity index (χ3v) is 6.13. The number of rotatable bonds is 4. The van der Waals surface area contributed by atoms with E-state index < -0.39 is 16.1 Å². The maximum Gasteiger partial charge on any atom is 0.264 e. The van der Waals surface area contributed by atoms with Crippen molar-refractivity contribution in [3.05, 3.63) is 77.5 Å². The summed E-state index contributed by atoms with van der Waals surface area (Å²) in [7, 11) is -3.78. The Hall–Kier alpha value is -2.40. The lowest BCUT2D eigenvalue weighted by Crippen LogP contribution is -2.45. The van der Waals surface area contributed by atoms with Crippen molar-refractivity contribution in [2.24, 2.45) is 0 Å². The van der Waals surface area contributed by atoms with Gasteiger partial charge in [-0.25, -0.2) is 8.42 Å². The predicted molar refractivity (Wildman–Crippen MR) is 97.5 cm³/mol. The minimum Gasteiger partial charge on any atom is -0.297 e. The molecule has 0 aliphatic carbocycles. The molecule has 0 spiro atoms. The van der Waals surface area contributed by atoms with Gasteiger partial charge < -0.3 is 0 Å². The quantitative estimate of drug-likeness (QED) is 0.844. The van der Waals surface area contributed by atoms with E-state index in [9.17, 15) is 13.2 Å². The highest BCUT2D eigenvalue weighted by atomic mass is 32.2. The van der Waals surface area contributed by atoms with E-state index in [1.54, 1.807) is 37.4 Å². The number of ketones is 1. The Bertz CT molecular complexity index is 900. The fourth-order valence-corrected chi connectivity index (χ4v) is 4.57. The Balaban J connectivity index is 2.01. The van der Waals surface area contributed by atoms with Crippen molar-refractivity contribution < 1.29 is 13.2 Å². The molecule has 0 saturated carbocycles. The molecular weight excluding hydrogens is 334 g/mol. The Morgan fingerprint density at radius 2 is 1.64 bits per heavy atom. The first kappa shape index (κ1) is 17.4. The van der Waals surface area contributed by atoms with E-state index in [0.29, 0.717) is 6.42 Å². The van der Waals surface area contributed by atoms with E-state index in [-0.39, 0.29) is 17.1 Å². The molecule has 4 nitrogen and oxygen atoms in total. The molecule has 1 heterocycles. The highest BCUT2D eigenvalue weighted by molar-refractivity contribution is 7.89. The minimum atomic E-state index is -3.78. The Morgan fingerprint density at radius 1 is 1.00 bits per heavy atom. The van der Waals surface area contributed by atoms with Crippen LogP contribution >= 0.6 is 0 Å². The maximum absolute atomic E-state index is 13.1. The number of benzene rings is 2. The smallest absolute Gasteiger partial charge is 0.264 e. The van der Waals surface area contributed by atoms with Crippen LogP contribution in [0.5, 0.6) is 0 Å². The zero-order valence-corrected chi connectivity index (χ0v) is 15.2. The van der Waals surface area contributed by atoms with Crippen LogP contribution in [0.3, 0.4) is 0 Å². The summed E-state index contributed by atoms with van der Waals surface area (Å²) >= 11 is 0. The molecule has 0 bridgehead atoms. The second-order valence-electron chi connectivity index (χ2n) is 6.47. The lowest BCUT2D eigenvalue weighted by atomic mass is 9.96. The molecule has 25 heavy (non-hydrogen) atoms. The number of hydrogen-bond acceptors (Lipinski definition) is 3. The van der Waals surface area contributed by atoms with E-state index in [2.05, 4.69) is 0 Å². The summed E-state index contributed by atoms with van der Waals surface area (Å²) < 4.78 is 27.5. The number of allylic oxidation sites excluding steroid dienone is 1. The molecule has 0 saturated heterocycles. The van der Waals surface area contributed by atoms with Gasteiger partial charge >= 0.3 is 0 Å². The predicted octanol–water partition coefficient (Wildman–Crippen LogP) is 3.47. The van der Waals surface area contributed by atoms with E-state index >= 15 is 0 Å². The highest BCUT2D eigenvalue weighted by Crippen LogP contribution is 2.27. The van der Waals surface area contributed by atoms with Gasteiger partial charge in [-0.3, -0.25) is 9.10 Å². The zero-order valence-electron chi connectivity index (χ0n) is 14.3. The van der Waals surface area contributed by atoms with Crippen LogP contribution in [0.1, 0.15) is 24.5 Å². The largest absolute Gasteiger partial charge is 0.297 e. The highest BCUT2D eigenvalue weighted by Gasteiger charge is 2.36. The Labute approximate surface area is 148 Å². The molecule has 0 radical (unpaired) electrons. The van der Waals surface area contributed by atoms with Gasteiger partial charge in [0.2, 0.25) is 0 Å². The zero-order chi connectivity index (χ0) is 18.0. The molecule has 2 aromatic carbocycles. The van der Waals surface area contributed by atoms with Gasteiger partial charge in [0.05, 0.1) is 4.90 Å². The van der Waals surface area contributed by atoms with Crippen LogP contribution in [0.15, 0.2) is 71.3 Å². The number of nitrogens with zero attached hydrogens (tertiary/aromatic N) is 1. The summed E-state index contributed by atoms with van der Waals surface area (Å²) in [6.45, 7) is 3.69. The fraction of sp³-hybridized carbons (Fsp3) is 0.250. The lowest BCUT2D eigenvalue weighted by Gasteiger charge is -2.33. The van der Waals surface area contributed by atoms with E-state index in [4.69, 9.17) is 0 Å². The Kier molecular flexibility index (Phi) is 4.77. The monoisotopic (exact) mass is 355 g/mol. The first-order chi connectivity index (χ1) is 11.9. The number of carbonyl (C=O) groups is 1. The molecule has 1 aliphatic heterocycles. The minimum absolute atomic E-state index is 0.0699. The summed E-state index contributed by atoms with van der Waals surface area (Å²) in [6.07, 6.45) is 2.26. The molecule has 0 fully saturated rings. The maximum atomic E-state index is 13.1. The standard InChI is InChI=1S/C20H21NO3S/c1-15-8-10-18(11-9-15)25(23,24)21-14-16(2)12-20(22)19(21)13-17-6-4-3-5-7-17/h3-11,14,19H,12-13H2,1-2H3/t19-/m0/s1. The van der Waals surface area contributed by atoms with Crippen LogP contribution in [0, 0.1) is 6.92 Å². The molecule has 0 aromatic heterocycles. The van der Waals surface area contributed by atoms with Gasteiger partial charge in [0.1, 0.15) is 6.04 Å². The third kappa shape index (κ3) is 3.66. The lowest BCUT2D eigenvalue weighted by molar-refractivity contribution is -0.122. The number of carbonyl (C=O) groups excluding carboxylic acids is 1. The van der Waals surface area contributed by atoms with Crippen LogP contribution in [-0.2, 0) is 21.2 Å². The number of Topliss-reactive ketones (excluding diaryl/α,β-unsaturated/α-hetero) is 1. The van der Waals surface area contributed by atoms with Crippen molar-refractivity contribution in [2.75, 3.05) is 0 Å². The Morgan fingerprint density at radius 3 is 2.28 bits per heavy atom. The van der Waals surface area contributed by atoms with Gasteiger partial charge in [0.25, 0.3) is 10.0 Å². The molecule has 1 atom stereocenters. The van der Waals surface area contributed by atoms with Crippen LogP contribution in [0.4, 0.5) is 0 Å². The second kappa shape index (κ2) is 6.84. The summed E-state index contributed by atoms with van der Waals surface area (Å²) in [6, 6.07) is 15.5. The van der Waals surface area contributed by atoms with Crippen LogP contribution < -0.4 is 0 Å². The molecule has 130 valence electrons. The molecule has 2 aromatic rings. The summed E-state index contributed by atoms with van der Waals surface area (Å²) in [4.78, 5) is 12.8. The first-order valence-electron chi connectivity index (χ1n) is 8.22. The number of sulfonamides is 1. The van der Waals surface area contributed by atoms with Gasteiger partial charge in [-0.05, 0) is 37.1 Å². The van der Waals surface area contributed by atoms with Crippen molar-refractivity contribution >= 4 is 15.8 Å². The first-order valence-corrected chi connectivity index (χ1v) is 9.66. The molecule has 0 N–H and O–H groups in total. The van der Waals surface area contributed by atoms with Crippen LogP contribution in [-0.4, -0.2) is 24.5 Å². The van der Waals surface area contributed by atoms with Crippen molar-refractivity contribution in [3.63, 3.8) is 0 Å². The SMILES string of the molecule is CC1=CN(S(=O)(=O)c2ccc(C)cc2)[C@@H](Cc2ccccc2)C(=O)C1. The van der Waals surface area contributed by atoms with Crippen molar-refractivity contribution in [1.29, 1.82) is 0 Å². The molecule has 0 unspecified atom stereocenters. The average Bonchev–Trinajstić information content (AvgIpc) is 2.58. The molecule has 3 rings (SSSR count). The molecule has 0 amide bonds. The van der Waals surface area contributed by atoms with Gasteiger partial charge in [-0.2, -0.15) is 0 Å². The fourth-order valence-electron chi connectivity index (χ4n) is 3.00. The summed E-state index contributed by atoms with van der Waals surface area (Å²) in [5, 5.41) is 0. The van der Waals surface area contributed by atoms with Crippen molar-refractivity contribution in [1.82, 2.24) is 4.31 Å². The van der Waals surface area contributed by atoms with E-state index in [1.165, 1.54) is 4.31 Å². The molecular formula is C20H21NO3S.